The molecule has 1 saturated carbocycles. The van der Waals surface area contributed by atoms with Crippen molar-refractivity contribution in [2.24, 2.45) is 10.8 Å². The van der Waals surface area contributed by atoms with E-state index < -0.39 is 40.0 Å². The maximum atomic E-state index is 12.8. The third-order valence-electron chi connectivity index (χ3n) is 5.92. The zero-order valence-corrected chi connectivity index (χ0v) is 13.6. The summed E-state index contributed by atoms with van der Waals surface area (Å²) in [6.07, 6.45) is -3.49. The van der Waals surface area contributed by atoms with Crippen LogP contribution < -0.4 is 5.32 Å². The number of halogens is 3. The Balaban J connectivity index is 1.85. The molecule has 0 spiro atoms. The first-order valence-electron chi connectivity index (χ1n) is 7.66. The lowest BCUT2D eigenvalue weighted by atomic mass is 9.66. The Hall–Kier alpha value is -2.05. The predicted octanol–water partition coefficient (Wildman–Crippen LogP) is 3.77. The molecule has 1 aliphatic heterocycles. The number of carbonyl (C=O) groups excluding carboxylic acids is 2. The van der Waals surface area contributed by atoms with Crippen molar-refractivity contribution in [3.8, 4) is 0 Å². The van der Waals surface area contributed by atoms with Gasteiger partial charge in [0.2, 0.25) is 0 Å². The molecule has 0 unspecified atom stereocenters. The summed E-state index contributed by atoms with van der Waals surface area (Å²) in [7, 11) is 0. The fourth-order valence-electron chi connectivity index (χ4n) is 3.72. The normalized spacial score (nSPS) is 31.0. The molecule has 0 radical (unpaired) electrons. The smallest absolute Gasteiger partial charge is 0.416 e. The molecule has 2 fully saturated rings. The predicted molar refractivity (Wildman–Crippen MR) is 80.0 cm³/mol. The van der Waals surface area contributed by atoms with E-state index in [0.717, 1.165) is 12.1 Å². The summed E-state index contributed by atoms with van der Waals surface area (Å²) >= 11 is 0. The second kappa shape index (κ2) is 4.74. The first kappa shape index (κ1) is 16.8. The van der Waals surface area contributed by atoms with Gasteiger partial charge in [-0.25, -0.2) is 0 Å². The number of amides is 1. The molecule has 1 heterocycles. The molecule has 1 N–H and O–H groups in total. The quantitative estimate of drug-likeness (QED) is 0.833. The van der Waals surface area contributed by atoms with Crippen LogP contribution in [-0.2, 0) is 20.5 Å². The van der Waals surface area contributed by atoms with Crippen LogP contribution in [0.3, 0.4) is 0 Å². The highest BCUT2D eigenvalue weighted by Gasteiger charge is 2.75. The van der Waals surface area contributed by atoms with Crippen molar-refractivity contribution in [3.63, 3.8) is 0 Å². The van der Waals surface area contributed by atoms with Gasteiger partial charge < -0.3 is 10.1 Å². The number of benzene rings is 1. The van der Waals surface area contributed by atoms with E-state index >= 15 is 0 Å². The lowest BCUT2D eigenvalue weighted by Crippen LogP contribution is -2.50. The number of fused-ring (bicyclic) bond motifs is 2. The minimum atomic E-state index is -4.43. The second-order valence-corrected chi connectivity index (χ2v) is 7.20. The van der Waals surface area contributed by atoms with Crippen molar-refractivity contribution in [3.05, 3.63) is 29.8 Å². The summed E-state index contributed by atoms with van der Waals surface area (Å²) in [5.41, 5.74) is -3.28. The molecule has 1 amide bonds. The van der Waals surface area contributed by atoms with Crippen LogP contribution in [0.15, 0.2) is 24.3 Å². The van der Waals surface area contributed by atoms with Crippen LogP contribution >= 0.6 is 0 Å². The third-order valence-corrected chi connectivity index (χ3v) is 5.92. The van der Waals surface area contributed by atoms with Crippen LogP contribution in [0.25, 0.3) is 0 Å². The van der Waals surface area contributed by atoms with Gasteiger partial charge in [-0.2, -0.15) is 13.2 Å². The molecule has 24 heavy (non-hydrogen) atoms. The van der Waals surface area contributed by atoms with Gasteiger partial charge in [0.25, 0.3) is 5.91 Å². The van der Waals surface area contributed by atoms with Crippen molar-refractivity contribution in [2.45, 2.75) is 45.4 Å². The number of anilines is 1. The summed E-state index contributed by atoms with van der Waals surface area (Å²) in [5.74, 6) is -0.900. The average Bonchev–Trinajstić information content (AvgIpc) is 2.77. The summed E-state index contributed by atoms with van der Waals surface area (Å²) in [6, 6.07) is 4.18. The Bertz CT molecular complexity index is 711. The van der Waals surface area contributed by atoms with Crippen LogP contribution in [0, 0.1) is 10.8 Å². The van der Waals surface area contributed by atoms with E-state index in [1.54, 1.807) is 6.92 Å². The van der Waals surface area contributed by atoms with E-state index in [2.05, 4.69) is 5.32 Å². The van der Waals surface area contributed by atoms with Gasteiger partial charge in [0, 0.05) is 11.1 Å². The summed E-state index contributed by atoms with van der Waals surface area (Å²) in [4.78, 5) is 24.9. The Morgan fingerprint density at radius 3 is 2.12 bits per heavy atom. The van der Waals surface area contributed by atoms with Crippen molar-refractivity contribution >= 4 is 17.6 Å². The second-order valence-electron chi connectivity index (χ2n) is 7.20. The van der Waals surface area contributed by atoms with E-state index in [1.165, 1.54) is 12.1 Å². The molecule has 2 atom stereocenters. The Labute approximate surface area is 137 Å². The first-order chi connectivity index (χ1) is 10.9. The summed E-state index contributed by atoms with van der Waals surface area (Å²) in [6.45, 7) is 5.42. The van der Waals surface area contributed by atoms with Crippen molar-refractivity contribution in [1.82, 2.24) is 0 Å². The summed E-state index contributed by atoms with van der Waals surface area (Å²) in [5, 5.41) is 2.59. The van der Waals surface area contributed by atoms with E-state index in [-0.39, 0.29) is 5.69 Å². The molecule has 1 aromatic carbocycles. The molecule has 2 aliphatic rings. The molecular formula is C17H18F3NO3. The van der Waals surface area contributed by atoms with E-state index in [4.69, 9.17) is 4.74 Å². The molecule has 7 heteroatoms. The summed E-state index contributed by atoms with van der Waals surface area (Å²) < 4.78 is 43.2. The molecule has 3 rings (SSSR count). The largest absolute Gasteiger partial charge is 0.448 e. The molecule has 1 saturated heterocycles. The highest BCUT2D eigenvalue weighted by molar-refractivity contribution is 6.03. The van der Waals surface area contributed by atoms with Gasteiger partial charge in [-0.3, -0.25) is 9.59 Å². The molecule has 2 bridgehead atoms. The number of hydrogen-bond donors (Lipinski definition) is 1. The maximum absolute atomic E-state index is 12.8. The van der Waals surface area contributed by atoms with Gasteiger partial charge in [-0.05, 0) is 44.0 Å². The average molecular weight is 341 g/mol. The zero-order valence-electron chi connectivity index (χ0n) is 13.6. The highest BCUT2D eigenvalue weighted by atomic mass is 19.4. The maximum Gasteiger partial charge on any atom is 0.416 e. The highest BCUT2D eigenvalue weighted by Crippen LogP contribution is 2.65. The lowest BCUT2D eigenvalue weighted by molar-refractivity contribution is -0.165. The minimum Gasteiger partial charge on any atom is -0.448 e. The van der Waals surface area contributed by atoms with Gasteiger partial charge >= 0.3 is 12.1 Å². The number of hydrogen-bond acceptors (Lipinski definition) is 3. The van der Waals surface area contributed by atoms with Crippen LogP contribution in [0.1, 0.15) is 39.2 Å². The van der Waals surface area contributed by atoms with Gasteiger partial charge in [0.05, 0.1) is 11.0 Å². The molecule has 0 aromatic heterocycles. The molecular weight excluding hydrogens is 323 g/mol. The Kier molecular flexibility index (Phi) is 3.32. The lowest BCUT2D eigenvalue weighted by Gasteiger charge is -2.35. The van der Waals surface area contributed by atoms with Gasteiger partial charge in [0.15, 0.2) is 5.60 Å². The van der Waals surface area contributed by atoms with Crippen LogP contribution in [-0.4, -0.2) is 17.5 Å². The number of ether oxygens (including phenoxy) is 1. The number of alkyl halides is 3. The SMILES string of the molecule is CC1(C)[C@@]2(C)CC[C@]1(C(=O)Nc1ccc(C(F)(F)F)cc1)OC2=O. The number of nitrogens with one attached hydrogen (secondary N) is 1. The van der Waals surface area contributed by atoms with Crippen LogP contribution in [0.5, 0.6) is 0 Å². The minimum absolute atomic E-state index is 0.231. The van der Waals surface area contributed by atoms with Crippen molar-refractivity contribution < 1.29 is 27.5 Å². The van der Waals surface area contributed by atoms with Crippen molar-refractivity contribution in [1.29, 1.82) is 0 Å². The van der Waals surface area contributed by atoms with Gasteiger partial charge in [-0.15, -0.1) is 0 Å². The van der Waals surface area contributed by atoms with Gasteiger partial charge in [-0.1, -0.05) is 13.8 Å². The molecule has 4 nitrogen and oxygen atoms in total. The first-order valence-corrected chi connectivity index (χ1v) is 7.66. The number of carbonyl (C=O) groups is 2. The fourth-order valence-corrected chi connectivity index (χ4v) is 3.72. The van der Waals surface area contributed by atoms with Crippen LogP contribution in [0.4, 0.5) is 18.9 Å². The monoisotopic (exact) mass is 341 g/mol. The van der Waals surface area contributed by atoms with E-state index in [1.807, 2.05) is 13.8 Å². The van der Waals surface area contributed by atoms with Crippen molar-refractivity contribution in [2.75, 3.05) is 5.32 Å². The Morgan fingerprint density at radius 1 is 1.12 bits per heavy atom. The van der Waals surface area contributed by atoms with Crippen LogP contribution in [0.2, 0.25) is 0 Å². The topological polar surface area (TPSA) is 55.4 Å². The standard InChI is InChI=1S/C17H18F3NO3/c1-14(2)15(3)8-9-16(14,24-13(15)23)12(22)21-11-6-4-10(5-7-11)17(18,19)20/h4-7H,8-9H2,1-3H3,(H,21,22)/t15-,16+/m0/s1. The zero-order chi connectivity index (χ0) is 18.0. The fraction of sp³-hybridized carbons (Fsp3) is 0.529. The Morgan fingerprint density at radius 2 is 1.71 bits per heavy atom. The molecule has 130 valence electrons. The molecule has 1 aliphatic carbocycles. The van der Waals surface area contributed by atoms with Gasteiger partial charge in [0.1, 0.15) is 0 Å². The van der Waals surface area contributed by atoms with E-state index in [9.17, 15) is 22.8 Å². The number of esters is 1. The molecule has 1 aromatic rings. The van der Waals surface area contributed by atoms with E-state index in [0.29, 0.717) is 12.8 Å². The third kappa shape index (κ3) is 1.99. The number of rotatable bonds is 2.